The maximum atomic E-state index is 13.1. The van der Waals surface area contributed by atoms with Gasteiger partial charge in [0.1, 0.15) is 5.82 Å². The van der Waals surface area contributed by atoms with Gasteiger partial charge in [-0.15, -0.1) is 0 Å². The van der Waals surface area contributed by atoms with Gasteiger partial charge in [-0.1, -0.05) is 12.1 Å². The zero-order chi connectivity index (χ0) is 18.9. The summed E-state index contributed by atoms with van der Waals surface area (Å²) in [5.74, 6) is 1.73. The Hall–Kier alpha value is -2.05. The largest absolute Gasteiger partial charge is 0.353 e. The van der Waals surface area contributed by atoms with Crippen molar-refractivity contribution in [3.8, 4) is 0 Å². The lowest BCUT2D eigenvalue weighted by Gasteiger charge is -2.17. The van der Waals surface area contributed by atoms with Gasteiger partial charge in [-0.3, -0.25) is 4.90 Å². The number of aromatic nitrogens is 2. The number of anilines is 1. The van der Waals surface area contributed by atoms with E-state index in [1.54, 1.807) is 12.1 Å². The summed E-state index contributed by atoms with van der Waals surface area (Å²) in [6.45, 7) is 7.41. The molecule has 2 aliphatic heterocycles. The molecule has 5 nitrogen and oxygen atoms in total. The highest BCUT2D eigenvalue weighted by molar-refractivity contribution is 5.37. The molecule has 3 aliphatic rings. The molecule has 3 heterocycles. The molecule has 0 bridgehead atoms. The summed E-state index contributed by atoms with van der Waals surface area (Å²) in [6, 6.07) is 6.88. The van der Waals surface area contributed by atoms with E-state index in [1.165, 1.54) is 42.8 Å². The van der Waals surface area contributed by atoms with Crippen LogP contribution in [0.2, 0.25) is 0 Å². The molecular formula is C22H28FN5. The fourth-order valence-electron chi connectivity index (χ4n) is 5.05. The summed E-state index contributed by atoms with van der Waals surface area (Å²) >= 11 is 0. The topological polar surface area (TPSA) is 44.3 Å². The Morgan fingerprint density at radius 3 is 2.71 bits per heavy atom. The van der Waals surface area contributed by atoms with Gasteiger partial charge in [-0.05, 0) is 61.5 Å². The molecule has 5 rings (SSSR count). The van der Waals surface area contributed by atoms with Gasteiger partial charge in [0.15, 0.2) is 0 Å². The van der Waals surface area contributed by atoms with E-state index >= 15 is 0 Å². The Labute approximate surface area is 166 Å². The van der Waals surface area contributed by atoms with Crippen molar-refractivity contribution in [2.24, 2.45) is 5.92 Å². The molecule has 0 spiro atoms. The zero-order valence-electron chi connectivity index (χ0n) is 16.3. The Kier molecular flexibility index (Phi) is 4.99. The Morgan fingerprint density at radius 2 is 1.89 bits per heavy atom. The van der Waals surface area contributed by atoms with Crippen molar-refractivity contribution in [2.45, 2.75) is 31.7 Å². The minimum Gasteiger partial charge on any atom is -0.353 e. The van der Waals surface area contributed by atoms with E-state index in [4.69, 9.17) is 4.98 Å². The summed E-state index contributed by atoms with van der Waals surface area (Å²) in [7, 11) is 0. The van der Waals surface area contributed by atoms with Gasteiger partial charge in [0, 0.05) is 44.8 Å². The number of halogens is 1. The minimum absolute atomic E-state index is 0.169. The van der Waals surface area contributed by atoms with Gasteiger partial charge in [-0.25, -0.2) is 14.4 Å². The Bertz CT molecular complexity index is 818. The van der Waals surface area contributed by atoms with Crippen LogP contribution in [0.1, 0.15) is 35.6 Å². The first-order valence-corrected chi connectivity index (χ1v) is 10.5. The van der Waals surface area contributed by atoms with Gasteiger partial charge in [-0.2, -0.15) is 0 Å². The third-order valence-corrected chi connectivity index (χ3v) is 6.48. The molecule has 148 valence electrons. The van der Waals surface area contributed by atoms with Crippen LogP contribution in [0.4, 0.5) is 10.3 Å². The molecule has 1 N–H and O–H groups in total. The van der Waals surface area contributed by atoms with Crippen LogP contribution in [0.15, 0.2) is 30.5 Å². The molecule has 2 fully saturated rings. The van der Waals surface area contributed by atoms with Gasteiger partial charge >= 0.3 is 0 Å². The van der Waals surface area contributed by atoms with Crippen molar-refractivity contribution >= 4 is 5.95 Å². The van der Waals surface area contributed by atoms with Gasteiger partial charge in [0.05, 0.1) is 5.69 Å². The Balaban J connectivity index is 1.20. The summed E-state index contributed by atoms with van der Waals surface area (Å²) in [4.78, 5) is 14.4. The van der Waals surface area contributed by atoms with Crippen LogP contribution in [0, 0.1) is 11.7 Å². The van der Waals surface area contributed by atoms with E-state index < -0.39 is 0 Å². The first-order chi connectivity index (χ1) is 13.7. The second-order valence-electron chi connectivity index (χ2n) is 8.47. The van der Waals surface area contributed by atoms with Crippen LogP contribution < -0.4 is 5.32 Å². The second-order valence-corrected chi connectivity index (χ2v) is 8.47. The first kappa shape index (κ1) is 18.0. The number of likely N-dealkylation sites (tertiary alicyclic amines) is 2. The summed E-state index contributed by atoms with van der Waals surface area (Å²) in [5.41, 5.74) is 3.74. The highest BCUT2D eigenvalue weighted by Gasteiger charge is 2.41. The van der Waals surface area contributed by atoms with Crippen LogP contribution in [0.3, 0.4) is 0 Å². The average Bonchev–Trinajstić information content (AvgIpc) is 3.40. The average molecular weight is 381 g/mol. The van der Waals surface area contributed by atoms with Crippen molar-refractivity contribution in [3.63, 3.8) is 0 Å². The molecule has 1 aromatic heterocycles. The van der Waals surface area contributed by atoms with Crippen LogP contribution in [-0.4, -0.2) is 59.0 Å². The SMILES string of the molecule is Fc1ccc(CN2C[C@H]3Cc4cnc(NCCN5CCCC5)nc4[C@@H]3C2)cc1. The number of hydrogen-bond acceptors (Lipinski definition) is 5. The number of nitrogens with zero attached hydrogens (tertiary/aromatic N) is 4. The number of nitrogens with one attached hydrogen (secondary N) is 1. The van der Waals surface area contributed by atoms with E-state index in [9.17, 15) is 4.39 Å². The molecule has 2 saturated heterocycles. The number of rotatable bonds is 6. The fourth-order valence-corrected chi connectivity index (χ4v) is 5.05. The van der Waals surface area contributed by atoms with E-state index in [0.717, 1.165) is 45.1 Å². The molecule has 2 atom stereocenters. The van der Waals surface area contributed by atoms with E-state index in [-0.39, 0.29) is 5.82 Å². The second kappa shape index (κ2) is 7.76. The number of fused-ring (bicyclic) bond motifs is 3. The third kappa shape index (κ3) is 3.76. The van der Waals surface area contributed by atoms with Gasteiger partial charge < -0.3 is 10.2 Å². The molecule has 0 radical (unpaired) electrons. The molecule has 0 amide bonds. The standard InChI is InChI=1S/C22H28FN5/c23-19-5-3-16(4-6-19)13-28-14-18-11-17-12-25-22(26-21(17)20(18)15-28)24-7-10-27-8-1-2-9-27/h3-6,12,18,20H,1-2,7-11,13-15H2,(H,24,25,26)/t18-,20-/m1/s1. The van der Waals surface area contributed by atoms with Gasteiger partial charge in [0.2, 0.25) is 5.95 Å². The fraction of sp³-hybridized carbons (Fsp3) is 0.545. The third-order valence-electron chi connectivity index (χ3n) is 6.48. The quantitative estimate of drug-likeness (QED) is 0.834. The maximum absolute atomic E-state index is 13.1. The van der Waals surface area contributed by atoms with Gasteiger partial charge in [0.25, 0.3) is 0 Å². The summed E-state index contributed by atoms with van der Waals surface area (Å²) in [5, 5.41) is 3.42. The van der Waals surface area contributed by atoms with E-state index in [0.29, 0.717) is 11.8 Å². The molecule has 6 heteroatoms. The maximum Gasteiger partial charge on any atom is 0.222 e. The Morgan fingerprint density at radius 1 is 1.07 bits per heavy atom. The normalized spacial score (nSPS) is 24.5. The zero-order valence-corrected chi connectivity index (χ0v) is 16.3. The highest BCUT2D eigenvalue weighted by atomic mass is 19.1. The molecule has 1 aliphatic carbocycles. The lowest BCUT2D eigenvalue weighted by molar-refractivity contribution is 0.313. The molecule has 0 saturated carbocycles. The first-order valence-electron chi connectivity index (χ1n) is 10.5. The van der Waals surface area contributed by atoms with Crippen LogP contribution >= 0.6 is 0 Å². The lowest BCUT2D eigenvalue weighted by Crippen LogP contribution is -2.26. The van der Waals surface area contributed by atoms with E-state index in [2.05, 4.69) is 20.1 Å². The van der Waals surface area contributed by atoms with E-state index in [1.807, 2.05) is 18.3 Å². The highest BCUT2D eigenvalue weighted by Crippen LogP contribution is 2.42. The monoisotopic (exact) mass is 381 g/mol. The predicted molar refractivity (Wildman–Crippen MR) is 108 cm³/mol. The van der Waals surface area contributed by atoms with Crippen molar-refractivity contribution in [1.29, 1.82) is 0 Å². The summed E-state index contributed by atoms with van der Waals surface area (Å²) < 4.78 is 13.1. The van der Waals surface area contributed by atoms with Crippen LogP contribution in [0.25, 0.3) is 0 Å². The molecular weight excluding hydrogens is 353 g/mol. The van der Waals surface area contributed by atoms with Crippen molar-refractivity contribution in [1.82, 2.24) is 19.8 Å². The lowest BCUT2D eigenvalue weighted by atomic mass is 9.99. The molecule has 1 aromatic carbocycles. The minimum atomic E-state index is -0.169. The molecule has 2 aromatic rings. The number of benzene rings is 1. The smallest absolute Gasteiger partial charge is 0.222 e. The van der Waals surface area contributed by atoms with Crippen molar-refractivity contribution < 1.29 is 4.39 Å². The van der Waals surface area contributed by atoms with Crippen LogP contribution in [-0.2, 0) is 13.0 Å². The number of hydrogen-bond donors (Lipinski definition) is 1. The predicted octanol–water partition coefficient (Wildman–Crippen LogP) is 2.90. The molecule has 28 heavy (non-hydrogen) atoms. The van der Waals surface area contributed by atoms with Crippen LogP contribution in [0.5, 0.6) is 0 Å². The van der Waals surface area contributed by atoms with Crippen molar-refractivity contribution in [3.05, 3.63) is 53.1 Å². The molecule has 0 unspecified atom stereocenters. The van der Waals surface area contributed by atoms with Crippen molar-refractivity contribution in [2.75, 3.05) is 44.6 Å². The summed E-state index contributed by atoms with van der Waals surface area (Å²) in [6.07, 6.45) is 5.76.